The van der Waals surface area contributed by atoms with Crippen LogP contribution in [0.2, 0.25) is 0 Å². The van der Waals surface area contributed by atoms with E-state index in [1.165, 1.54) is 0 Å². The molecule has 158 valence electrons. The van der Waals surface area contributed by atoms with Crippen molar-refractivity contribution in [2.75, 3.05) is 50.8 Å². The third-order valence-corrected chi connectivity index (χ3v) is 5.36. The number of halogens is 1. The lowest BCUT2D eigenvalue weighted by Crippen LogP contribution is -2.49. The predicted molar refractivity (Wildman–Crippen MR) is 114 cm³/mol. The molecule has 2 aliphatic rings. The number of amides is 1. The monoisotopic (exact) mass is 420 g/mol. The first-order chi connectivity index (χ1) is 13.7. The van der Waals surface area contributed by atoms with E-state index in [4.69, 9.17) is 4.74 Å². The number of carbonyl (C=O) groups excluding carboxylic acids is 1. The van der Waals surface area contributed by atoms with Gasteiger partial charge in [-0.15, -0.1) is 12.4 Å². The number of aromatic nitrogens is 3. The first-order valence-electron chi connectivity index (χ1n) is 10.1. The minimum atomic E-state index is 0. The molecule has 1 amide bonds. The number of ether oxygens (including phenoxy) is 1. The van der Waals surface area contributed by atoms with Gasteiger partial charge in [0.1, 0.15) is 11.5 Å². The highest BCUT2D eigenvalue weighted by Crippen LogP contribution is 2.19. The molecule has 8 nitrogen and oxygen atoms in total. The summed E-state index contributed by atoms with van der Waals surface area (Å²) in [5.74, 6) is 1.55. The third kappa shape index (κ3) is 5.00. The van der Waals surface area contributed by atoms with Crippen molar-refractivity contribution in [1.29, 1.82) is 0 Å². The zero-order valence-corrected chi connectivity index (χ0v) is 17.6. The number of hydrogen-bond donors (Lipinski definition) is 1. The summed E-state index contributed by atoms with van der Waals surface area (Å²) in [5, 5.41) is 7.95. The Labute approximate surface area is 177 Å². The second kappa shape index (κ2) is 9.93. The fourth-order valence-corrected chi connectivity index (χ4v) is 3.82. The van der Waals surface area contributed by atoms with Gasteiger partial charge in [-0.2, -0.15) is 10.1 Å². The highest BCUT2D eigenvalue weighted by Gasteiger charge is 2.25. The van der Waals surface area contributed by atoms with Crippen LogP contribution in [-0.2, 0) is 0 Å². The molecule has 2 aliphatic heterocycles. The van der Waals surface area contributed by atoms with Crippen LogP contribution in [0.3, 0.4) is 0 Å². The van der Waals surface area contributed by atoms with Gasteiger partial charge in [0, 0.05) is 45.0 Å². The lowest BCUT2D eigenvalue weighted by molar-refractivity contribution is 0.0739. The Morgan fingerprint density at radius 1 is 1.24 bits per heavy atom. The number of rotatable bonds is 5. The molecule has 4 heterocycles. The van der Waals surface area contributed by atoms with Crippen LogP contribution in [-0.4, -0.2) is 71.4 Å². The standard InChI is InChI=1S/C20H28N6O2.ClH/c1-2-28-19-7-3-6-18(22-19)24-11-13-25(14-12-24)20(27)17-8-10-26(23-17)16-5-4-9-21-15-16;/h3,6-8,10,16,21H,2,4-5,9,11-15H2,1H3;1H. The molecule has 0 aromatic carbocycles. The van der Waals surface area contributed by atoms with Gasteiger partial charge in [-0.3, -0.25) is 9.48 Å². The average molecular weight is 421 g/mol. The van der Waals surface area contributed by atoms with Crippen molar-refractivity contribution in [2.24, 2.45) is 0 Å². The van der Waals surface area contributed by atoms with Crippen LogP contribution >= 0.6 is 12.4 Å². The number of hydrogen-bond acceptors (Lipinski definition) is 6. The zero-order valence-electron chi connectivity index (χ0n) is 16.8. The Balaban J connectivity index is 0.00000240. The fourth-order valence-electron chi connectivity index (χ4n) is 3.82. The molecule has 29 heavy (non-hydrogen) atoms. The van der Waals surface area contributed by atoms with E-state index in [1.54, 1.807) is 0 Å². The minimum absolute atomic E-state index is 0. The molecule has 2 aromatic rings. The lowest BCUT2D eigenvalue weighted by atomic mass is 10.1. The van der Waals surface area contributed by atoms with Crippen molar-refractivity contribution in [1.82, 2.24) is 25.0 Å². The van der Waals surface area contributed by atoms with Crippen molar-refractivity contribution in [3.63, 3.8) is 0 Å². The predicted octanol–water partition coefficient (Wildman–Crippen LogP) is 1.99. The molecule has 1 unspecified atom stereocenters. The van der Waals surface area contributed by atoms with Crippen LogP contribution in [0.25, 0.3) is 0 Å². The number of pyridine rings is 1. The third-order valence-electron chi connectivity index (χ3n) is 5.36. The summed E-state index contributed by atoms with van der Waals surface area (Å²) in [4.78, 5) is 21.5. The molecule has 1 atom stereocenters. The van der Waals surface area contributed by atoms with Gasteiger partial charge >= 0.3 is 0 Å². The first-order valence-corrected chi connectivity index (χ1v) is 10.1. The summed E-state index contributed by atoms with van der Waals surface area (Å²) in [5.41, 5.74) is 0.537. The van der Waals surface area contributed by atoms with Gasteiger partial charge in [-0.25, -0.2) is 0 Å². The average Bonchev–Trinajstić information content (AvgIpc) is 3.25. The molecule has 2 fully saturated rings. The van der Waals surface area contributed by atoms with E-state index in [0.29, 0.717) is 37.3 Å². The maximum Gasteiger partial charge on any atom is 0.274 e. The SMILES string of the molecule is CCOc1cccc(N2CCN(C(=O)c3ccn(C4CCCNC4)n3)CC2)n1.Cl. The molecule has 0 saturated carbocycles. The van der Waals surface area contributed by atoms with Crippen LogP contribution in [0.4, 0.5) is 5.82 Å². The molecular weight excluding hydrogens is 392 g/mol. The van der Waals surface area contributed by atoms with E-state index in [0.717, 1.165) is 44.8 Å². The summed E-state index contributed by atoms with van der Waals surface area (Å²) in [7, 11) is 0. The molecule has 2 aromatic heterocycles. The molecule has 0 spiro atoms. The summed E-state index contributed by atoms with van der Waals surface area (Å²) < 4.78 is 7.43. The number of piperidine rings is 1. The Bertz CT molecular complexity index is 800. The Morgan fingerprint density at radius 2 is 2.07 bits per heavy atom. The Hall–Kier alpha value is -2.32. The first kappa shape index (κ1) is 21.4. The Morgan fingerprint density at radius 3 is 2.79 bits per heavy atom. The second-order valence-electron chi connectivity index (χ2n) is 7.23. The number of carbonyl (C=O) groups is 1. The normalized spacial score (nSPS) is 19.6. The molecular formula is C20H29ClN6O2. The van der Waals surface area contributed by atoms with E-state index in [-0.39, 0.29) is 18.3 Å². The van der Waals surface area contributed by atoms with Crippen molar-refractivity contribution in [3.8, 4) is 5.88 Å². The highest BCUT2D eigenvalue weighted by molar-refractivity contribution is 5.92. The van der Waals surface area contributed by atoms with Crippen LogP contribution in [0.1, 0.15) is 36.3 Å². The number of nitrogens with zero attached hydrogens (tertiary/aromatic N) is 5. The molecule has 9 heteroatoms. The molecule has 4 rings (SSSR count). The van der Waals surface area contributed by atoms with E-state index < -0.39 is 0 Å². The Kier molecular flexibility index (Phi) is 7.33. The summed E-state index contributed by atoms with van der Waals surface area (Å²) in [6, 6.07) is 8.00. The quantitative estimate of drug-likeness (QED) is 0.797. The number of piperazine rings is 1. The number of anilines is 1. The van der Waals surface area contributed by atoms with Crippen molar-refractivity contribution >= 4 is 24.1 Å². The minimum Gasteiger partial charge on any atom is -0.478 e. The molecule has 2 saturated heterocycles. The van der Waals surface area contributed by atoms with E-state index in [9.17, 15) is 4.79 Å². The van der Waals surface area contributed by atoms with E-state index in [1.807, 2.05) is 47.0 Å². The lowest BCUT2D eigenvalue weighted by Gasteiger charge is -2.35. The van der Waals surface area contributed by atoms with Crippen LogP contribution in [0.15, 0.2) is 30.5 Å². The summed E-state index contributed by atoms with van der Waals surface area (Å²) in [6.45, 7) is 7.36. The van der Waals surface area contributed by atoms with Crippen molar-refractivity contribution < 1.29 is 9.53 Å². The van der Waals surface area contributed by atoms with Gasteiger partial charge in [0.05, 0.1) is 12.6 Å². The van der Waals surface area contributed by atoms with E-state index in [2.05, 4.69) is 20.3 Å². The zero-order chi connectivity index (χ0) is 19.3. The van der Waals surface area contributed by atoms with Crippen LogP contribution in [0, 0.1) is 0 Å². The maximum atomic E-state index is 12.9. The highest BCUT2D eigenvalue weighted by atomic mass is 35.5. The number of nitrogens with one attached hydrogen (secondary N) is 1. The fraction of sp³-hybridized carbons (Fsp3) is 0.550. The van der Waals surface area contributed by atoms with Crippen LogP contribution < -0.4 is 15.0 Å². The van der Waals surface area contributed by atoms with Crippen molar-refractivity contribution in [3.05, 3.63) is 36.2 Å². The summed E-state index contributed by atoms with van der Waals surface area (Å²) in [6.07, 6.45) is 4.19. The largest absolute Gasteiger partial charge is 0.478 e. The smallest absolute Gasteiger partial charge is 0.274 e. The van der Waals surface area contributed by atoms with Gasteiger partial charge < -0.3 is 19.9 Å². The second-order valence-corrected chi connectivity index (χ2v) is 7.23. The van der Waals surface area contributed by atoms with Crippen molar-refractivity contribution in [2.45, 2.75) is 25.8 Å². The molecule has 0 bridgehead atoms. The topological polar surface area (TPSA) is 75.5 Å². The van der Waals surface area contributed by atoms with Gasteiger partial charge in [0.2, 0.25) is 5.88 Å². The molecule has 1 N–H and O–H groups in total. The summed E-state index contributed by atoms with van der Waals surface area (Å²) >= 11 is 0. The molecule has 0 aliphatic carbocycles. The van der Waals surface area contributed by atoms with Gasteiger partial charge in [-0.1, -0.05) is 6.07 Å². The van der Waals surface area contributed by atoms with Crippen LogP contribution in [0.5, 0.6) is 5.88 Å². The van der Waals surface area contributed by atoms with Gasteiger partial charge in [-0.05, 0) is 38.4 Å². The van der Waals surface area contributed by atoms with E-state index >= 15 is 0 Å². The molecule has 0 radical (unpaired) electrons. The maximum absolute atomic E-state index is 12.9. The van der Waals surface area contributed by atoms with Gasteiger partial charge in [0.15, 0.2) is 0 Å². The van der Waals surface area contributed by atoms with Gasteiger partial charge in [0.25, 0.3) is 5.91 Å².